The second-order valence-electron chi connectivity index (χ2n) is 3.31. The van der Waals surface area contributed by atoms with Gasteiger partial charge < -0.3 is 5.11 Å². The van der Waals surface area contributed by atoms with Gasteiger partial charge in [-0.25, -0.2) is 9.78 Å². The Balaban J connectivity index is 2.19. The molecule has 0 unspecified atom stereocenters. The fraction of sp³-hybridized carbons (Fsp3) is 0. The highest BCUT2D eigenvalue weighted by atomic mass is 16.4. The lowest BCUT2D eigenvalue weighted by atomic mass is 10.1. The number of carbonyl (C=O) groups is 2. The monoisotopic (exact) mass is 244 g/mol. The lowest BCUT2D eigenvalue weighted by Gasteiger charge is -2.03. The molecule has 1 aromatic carbocycles. The maximum atomic E-state index is 11.8. The zero-order valence-electron chi connectivity index (χ0n) is 9.07. The SMILES string of the molecule is O=C(O)c1cccc(C(=O)Nc2nccnn2)c1. The van der Waals surface area contributed by atoms with Gasteiger partial charge in [0, 0.05) is 5.56 Å². The van der Waals surface area contributed by atoms with Gasteiger partial charge in [-0.2, -0.15) is 5.10 Å². The van der Waals surface area contributed by atoms with E-state index in [1.165, 1.54) is 36.7 Å². The summed E-state index contributed by atoms with van der Waals surface area (Å²) < 4.78 is 0. The van der Waals surface area contributed by atoms with Gasteiger partial charge in [0.25, 0.3) is 5.91 Å². The highest BCUT2D eigenvalue weighted by molar-refractivity contribution is 6.04. The largest absolute Gasteiger partial charge is 0.478 e. The molecule has 1 heterocycles. The van der Waals surface area contributed by atoms with Crippen LogP contribution in [0.4, 0.5) is 5.95 Å². The van der Waals surface area contributed by atoms with Crippen molar-refractivity contribution >= 4 is 17.8 Å². The first-order valence-electron chi connectivity index (χ1n) is 4.95. The molecule has 2 rings (SSSR count). The van der Waals surface area contributed by atoms with E-state index in [-0.39, 0.29) is 17.1 Å². The number of hydrogen-bond acceptors (Lipinski definition) is 5. The van der Waals surface area contributed by atoms with Gasteiger partial charge in [-0.15, -0.1) is 5.10 Å². The van der Waals surface area contributed by atoms with Crippen molar-refractivity contribution in [2.24, 2.45) is 0 Å². The van der Waals surface area contributed by atoms with E-state index < -0.39 is 11.9 Å². The summed E-state index contributed by atoms with van der Waals surface area (Å²) in [7, 11) is 0. The number of aromatic carboxylic acids is 1. The standard InChI is InChI=1S/C11H8N4O3/c16-9(14-11-12-4-5-13-15-11)7-2-1-3-8(6-7)10(17)18/h1-6H,(H,17,18)(H,12,14,15,16). The Morgan fingerprint density at radius 2 is 1.94 bits per heavy atom. The first kappa shape index (κ1) is 11.6. The smallest absolute Gasteiger partial charge is 0.335 e. The predicted octanol–water partition coefficient (Wildman–Crippen LogP) is 0.822. The van der Waals surface area contributed by atoms with Crippen LogP contribution in [0.25, 0.3) is 0 Å². The van der Waals surface area contributed by atoms with Crippen LogP contribution in [0.15, 0.2) is 36.7 Å². The van der Waals surface area contributed by atoms with Gasteiger partial charge in [0.1, 0.15) is 0 Å². The number of benzene rings is 1. The van der Waals surface area contributed by atoms with E-state index in [1.54, 1.807) is 0 Å². The molecule has 0 saturated heterocycles. The van der Waals surface area contributed by atoms with E-state index in [0.29, 0.717) is 0 Å². The minimum absolute atomic E-state index is 0.0368. The highest BCUT2D eigenvalue weighted by Gasteiger charge is 2.10. The van der Waals surface area contributed by atoms with Gasteiger partial charge in [0.2, 0.25) is 5.95 Å². The molecule has 0 aliphatic carbocycles. The number of hydrogen-bond donors (Lipinski definition) is 2. The van der Waals surface area contributed by atoms with Crippen LogP contribution >= 0.6 is 0 Å². The van der Waals surface area contributed by atoms with E-state index >= 15 is 0 Å². The fourth-order valence-electron chi connectivity index (χ4n) is 1.27. The zero-order valence-corrected chi connectivity index (χ0v) is 9.07. The maximum absolute atomic E-state index is 11.8. The summed E-state index contributed by atoms with van der Waals surface area (Å²) in [5, 5.41) is 18.4. The number of rotatable bonds is 3. The number of carboxylic acid groups (broad SMARTS) is 1. The van der Waals surface area contributed by atoms with Crippen LogP contribution in [-0.2, 0) is 0 Å². The summed E-state index contributed by atoms with van der Waals surface area (Å²) >= 11 is 0. The molecule has 0 bridgehead atoms. The van der Waals surface area contributed by atoms with Crippen molar-refractivity contribution in [3.05, 3.63) is 47.8 Å². The summed E-state index contributed by atoms with van der Waals surface area (Å²) in [5.74, 6) is -1.53. The molecule has 90 valence electrons. The fourth-order valence-corrected chi connectivity index (χ4v) is 1.27. The Morgan fingerprint density at radius 1 is 1.17 bits per heavy atom. The number of carboxylic acids is 1. The normalized spacial score (nSPS) is 9.78. The third-order valence-corrected chi connectivity index (χ3v) is 2.08. The minimum atomic E-state index is -1.10. The van der Waals surface area contributed by atoms with Crippen LogP contribution in [0.2, 0.25) is 0 Å². The van der Waals surface area contributed by atoms with Gasteiger partial charge >= 0.3 is 5.97 Å². The Labute approximate surface area is 102 Å². The lowest BCUT2D eigenvalue weighted by Crippen LogP contribution is -2.15. The van der Waals surface area contributed by atoms with Crippen molar-refractivity contribution in [3.8, 4) is 0 Å². The van der Waals surface area contributed by atoms with Crippen molar-refractivity contribution in [2.75, 3.05) is 5.32 Å². The summed E-state index contributed by atoms with van der Waals surface area (Å²) in [6.45, 7) is 0. The van der Waals surface area contributed by atoms with E-state index in [0.717, 1.165) is 0 Å². The summed E-state index contributed by atoms with van der Waals surface area (Å²) in [6.07, 6.45) is 2.76. The third kappa shape index (κ3) is 2.64. The van der Waals surface area contributed by atoms with Crippen LogP contribution in [0, 0.1) is 0 Å². The minimum Gasteiger partial charge on any atom is -0.478 e. The molecule has 1 aromatic heterocycles. The quantitative estimate of drug-likeness (QED) is 0.828. The molecule has 0 atom stereocenters. The first-order valence-corrected chi connectivity index (χ1v) is 4.95. The van der Waals surface area contributed by atoms with Crippen LogP contribution < -0.4 is 5.32 Å². The lowest BCUT2D eigenvalue weighted by molar-refractivity contribution is 0.0697. The number of anilines is 1. The van der Waals surface area contributed by atoms with Gasteiger partial charge in [-0.1, -0.05) is 6.07 Å². The van der Waals surface area contributed by atoms with Crippen LogP contribution in [0.5, 0.6) is 0 Å². The van der Waals surface area contributed by atoms with Gasteiger partial charge in [0.15, 0.2) is 0 Å². The van der Waals surface area contributed by atoms with E-state index in [9.17, 15) is 9.59 Å². The van der Waals surface area contributed by atoms with Gasteiger partial charge in [-0.05, 0) is 18.2 Å². The Bertz CT molecular complexity index is 586. The van der Waals surface area contributed by atoms with Crippen LogP contribution in [0.3, 0.4) is 0 Å². The number of carbonyl (C=O) groups excluding carboxylic acids is 1. The Hall–Kier alpha value is -2.83. The average Bonchev–Trinajstić information content (AvgIpc) is 2.40. The molecule has 18 heavy (non-hydrogen) atoms. The topological polar surface area (TPSA) is 105 Å². The number of amides is 1. The molecule has 0 saturated carbocycles. The zero-order chi connectivity index (χ0) is 13.0. The molecular formula is C11H8N4O3. The number of nitrogens with one attached hydrogen (secondary N) is 1. The van der Waals surface area contributed by atoms with Crippen LogP contribution in [0.1, 0.15) is 20.7 Å². The summed E-state index contributed by atoms with van der Waals surface area (Å²) in [5.41, 5.74) is 0.247. The average molecular weight is 244 g/mol. The third-order valence-electron chi connectivity index (χ3n) is 2.08. The molecule has 0 fully saturated rings. The summed E-state index contributed by atoms with van der Waals surface area (Å²) in [4.78, 5) is 26.3. The number of aromatic nitrogens is 3. The van der Waals surface area contributed by atoms with Crippen molar-refractivity contribution in [2.45, 2.75) is 0 Å². The van der Waals surface area contributed by atoms with Gasteiger partial charge in [-0.3, -0.25) is 10.1 Å². The van der Waals surface area contributed by atoms with Crippen molar-refractivity contribution < 1.29 is 14.7 Å². The first-order chi connectivity index (χ1) is 8.66. The van der Waals surface area contributed by atoms with E-state index in [2.05, 4.69) is 20.5 Å². The number of nitrogens with zero attached hydrogens (tertiary/aromatic N) is 3. The maximum Gasteiger partial charge on any atom is 0.335 e. The molecule has 1 amide bonds. The predicted molar refractivity (Wildman–Crippen MR) is 61.2 cm³/mol. The molecule has 7 nitrogen and oxygen atoms in total. The molecular weight excluding hydrogens is 236 g/mol. The van der Waals surface area contributed by atoms with Crippen molar-refractivity contribution in [1.29, 1.82) is 0 Å². The second kappa shape index (κ2) is 5.00. The molecule has 2 N–H and O–H groups in total. The molecule has 0 aliphatic rings. The summed E-state index contributed by atoms with van der Waals surface area (Å²) in [6, 6.07) is 5.66. The molecule has 0 aliphatic heterocycles. The van der Waals surface area contributed by atoms with E-state index in [4.69, 9.17) is 5.11 Å². The molecule has 7 heteroatoms. The Morgan fingerprint density at radius 3 is 2.61 bits per heavy atom. The molecule has 0 radical (unpaired) electrons. The van der Waals surface area contributed by atoms with Crippen molar-refractivity contribution in [3.63, 3.8) is 0 Å². The van der Waals surface area contributed by atoms with Gasteiger partial charge in [0.05, 0.1) is 18.0 Å². The van der Waals surface area contributed by atoms with Crippen LogP contribution in [-0.4, -0.2) is 32.2 Å². The highest BCUT2D eigenvalue weighted by Crippen LogP contribution is 2.07. The van der Waals surface area contributed by atoms with Crippen molar-refractivity contribution in [1.82, 2.24) is 15.2 Å². The Kier molecular flexibility index (Phi) is 3.24. The second-order valence-corrected chi connectivity index (χ2v) is 3.31. The van der Waals surface area contributed by atoms with E-state index in [1.807, 2.05) is 0 Å². The molecule has 2 aromatic rings. The molecule has 0 spiro atoms.